The van der Waals surface area contributed by atoms with Crippen LogP contribution >= 0.6 is 0 Å². The van der Waals surface area contributed by atoms with Gasteiger partial charge in [0.1, 0.15) is 5.56 Å². The van der Waals surface area contributed by atoms with Crippen molar-refractivity contribution in [2.75, 3.05) is 6.54 Å². The quantitative estimate of drug-likeness (QED) is 0.689. The minimum atomic E-state index is -0.286. The van der Waals surface area contributed by atoms with E-state index in [4.69, 9.17) is 0 Å². The van der Waals surface area contributed by atoms with Crippen LogP contribution in [0.4, 0.5) is 0 Å². The predicted molar refractivity (Wildman–Crippen MR) is 115 cm³/mol. The number of nitrogens with one attached hydrogen (secondary N) is 1. The van der Waals surface area contributed by atoms with E-state index >= 15 is 0 Å². The first-order valence-corrected chi connectivity index (χ1v) is 10.7. The Bertz CT molecular complexity index is 1160. The number of aromatic nitrogens is 3. The summed E-state index contributed by atoms with van der Waals surface area (Å²) in [6.45, 7) is 3.17. The lowest BCUT2D eigenvalue weighted by Crippen LogP contribution is -2.37. The van der Waals surface area contributed by atoms with Crippen LogP contribution in [-0.4, -0.2) is 26.8 Å². The molecule has 0 unspecified atom stereocenters. The Morgan fingerprint density at radius 1 is 1.17 bits per heavy atom. The second kappa shape index (κ2) is 7.27. The van der Waals surface area contributed by atoms with Crippen LogP contribution in [0.5, 0.6) is 0 Å². The van der Waals surface area contributed by atoms with E-state index in [0.717, 1.165) is 44.3 Å². The van der Waals surface area contributed by atoms with Crippen molar-refractivity contribution in [3.05, 3.63) is 81.5 Å². The highest BCUT2D eigenvalue weighted by Crippen LogP contribution is 2.46. The van der Waals surface area contributed by atoms with Crippen molar-refractivity contribution in [1.29, 1.82) is 0 Å². The van der Waals surface area contributed by atoms with Gasteiger partial charge in [0, 0.05) is 37.1 Å². The molecular formula is C24H26N4O2. The molecule has 0 aliphatic heterocycles. The highest BCUT2D eigenvalue weighted by molar-refractivity contribution is 5.95. The van der Waals surface area contributed by atoms with Crippen molar-refractivity contribution < 1.29 is 4.79 Å². The highest BCUT2D eigenvalue weighted by Gasteiger charge is 2.43. The van der Waals surface area contributed by atoms with Crippen molar-refractivity contribution in [2.24, 2.45) is 5.41 Å². The smallest absolute Gasteiger partial charge is 0.268 e. The molecule has 2 aromatic heterocycles. The average Bonchev–Trinajstić information content (AvgIpc) is 3.10. The molecule has 1 N–H and O–H groups in total. The van der Waals surface area contributed by atoms with Gasteiger partial charge in [-0.3, -0.25) is 18.8 Å². The third-order valence-corrected chi connectivity index (χ3v) is 6.55. The minimum Gasteiger partial charge on any atom is -0.351 e. The summed E-state index contributed by atoms with van der Waals surface area (Å²) in [7, 11) is 0. The summed E-state index contributed by atoms with van der Waals surface area (Å²) in [4.78, 5) is 26.3. The summed E-state index contributed by atoms with van der Waals surface area (Å²) in [5.41, 5.74) is 4.18. The Balaban J connectivity index is 1.40. The molecule has 0 bridgehead atoms. The van der Waals surface area contributed by atoms with Gasteiger partial charge in [0.15, 0.2) is 0 Å². The van der Waals surface area contributed by atoms with E-state index in [1.165, 1.54) is 11.1 Å². The predicted octanol–water partition coefficient (Wildman–Crippen LogP) is 3.04. The zero-order chi connectivity index (χ0) is 20.7. The van der Waals surface area contributed by atoms with Gasteiger partial charge >= 0.3 is 0 Å². The van der Waals surface area contributed by atoms with Gasteiger partial charge in [-0.1, -0.05) is 12.1 Å². The summed E-state index contributed by atoms with van der Waals surface area (Å²) in [6.07, 6.45) is 10.8. The Hall–Kier alpha value is -3.15. The number of benzene rings is 1. The molecule has 2 aliphatic carbocycles. The third kappa shape index (κ3) is 3.36. The lowest BCUT2D eigenvalue weighted by molar-refractivity contribution is 0.0940. The second-order valence-corrected chi connectivity index (χ2v) is 8.70. The molecule has 0 radical (unpaired) electrons. The first kappa shape index (κ1) is 18.9. The van der Waals surface area contributed by atoms with Gasteiger partial charge < -0.3 is 5.32 Å². The Labute approximate surface area is 175 Å². The average molecular weight is 402 g/mol. The molecule has 1 fully saturated rings. The molecule has 6 nitrogen and oxygen atoms in total. The maximum atomic E-state index is 13.3. The highest BCUT2D eigenvalue weighted by atomic mass is 16.2. The molecule has 6 heteroatoms. The van der Waals surface area contributed by atoms with E-state index in [1.807, 2.05) is 42.1 Å². The van der Waals surface area contributed by atoms with Gasteiger partial charge in [-0.05, 0) is 73.9 Å². The Morgan fingerprint density at radius 2 is 2.03 bits per heavy atom. The number of hydrogen-bond acceptors (Lipinski definition) is 3. The van der Waals surface area contributed by atoms with Crippen LogP contribution in [0.2, 0.25) is 0 Å². The SMILES string of the molecule is Cc1ccn(-c2cccc3c2CCC3)c(=O)c1C(=O)NCC1(Cn2cccn2)CC1. The number of aryl methyl sites for hydroxylation is 2. The monoisotopic (exact) mass is 402 g/mol. The maximum Gasteiger partial charge on any atom is 0.268 e. The third-order valence-electron chi connectivity index (χ3n) is 6.55. The lowest BCUT2D eigenvalue weighted by atomic mass is 10.1. The number of nitrogens with zero attached hydrogens (tertiary/aromatic N) is 3. The molecule has 3 aromatic rings. The van der Waals surface area contributed by atoms with Crippen LogP contribution < -0.4 is 10.9 Å². The zero-order valence-electron chi connectivity index (χ0n) is 17.2. The molecular weight excluding hydrogens is 376 g/mol. The largest absolute Gasteiger partial charge is 0.351 e. The summed E-state index contributed by atoms with van der Waals surface area (Å²) < 4.78 is 3.55. The number of amides is 1. The van der Waals surface area contributed by atoms with Crippen molar-refractivity contribution >= 4 is 5.91 Å². The molecule has 0 atom stereocenters. The van der Waals surface area contributed by atoms with Crippen LogP contribution in [-0.2, 0) is 19.4 Å². The molecule has 1 aromatic carbocycles. The number of pyridine rings is 1. The van der Waals surface area contributed by atoms with E-state index < -0.39 is 0 Å². The van der Waals surface area contributed by atoms with Gasteiger partial charge in [0.2, 0.25) is 0 Å². The summed E-state index contributed by atoms with van der Waals surface area (Å²) in [5.74, 6) is -0.286. The first-order chi connectivity index (χ1) is 14.6. The number of carbonyl (C=O) groups is 1. The van der Waals surface area contributed by atoms with E-state index in [-0.39, 0.29) is 22.4 Å². The molecule has 0 spiro atoms. The summed E-state index contributed by atoms with van der Waals surface area (Å²) in [6, 6.07) is 9.88. The van der Waals surface area contributed by atoms with E-state index in [2.05, 4.69) is 16.5 Å². The molecule has 1 amide bonds. The normalized spacial score (nSPS) is 16.3. The number of hydrogen-bond donors (Lipinski definition) is 1. The van der Waals surface area contributed by atoms with Crippen molar-refractivity contribution in [3.63, 3.8) is 0 Å². The Morgan fingerprint density at radius 3 is 2.80 bits per heavy atom. The van der Waals surface area contributed by atoms with Crippen LogP contribution in [0, 0.1) is 12.3 Å². The van der Waals surface area contributed by atoms with Crippen molar-refractivity contribution in [1.82, 2.24) is 19.7 Å². The summed E-state index contributed by atoms with van der Waals surface area (Å²) in [5, 5.41) is 7.31. The molecule has 154 valence electrons. The fraction of sp³-hybridized carbons (Fsp3) is 0.375. The van der Waals surface area contributed by atoms with Gasteiger partial charge in [-0.25, -0.2) is 0 Å². The number of rotatable bonds is 6. The topological polar surface area (TPSA) is 68.9 Å². The lowest BCUT2D eigenvalue weighted by Gasteiger charge is -2.17. The Kier molecular flexibility index (Phi) is 4.57. The molecule has 1 saturated carbocycles. The molecule has 2 heterocycles. The van der Waals surface area contributed by atoms with Gasteiger partial charge in [0.25, 0.3) is 11.5 Å². The zero-order valence-corrected chi connectivity index (χ0v) is 17.2. The minimum absolute atomic E-state index is 0.0453. The van der Waals surface area contributed by atoms with Crippen LogP contribution in [0.25, 0.3) is 5.69 Å². The van der Waals surface area contributed by atoms with Crippen LogP contribution in [0.1, 0.15) is 46.3 Å². The fourth-order valence-electron chi connectivity index (χ4n) is 4.58. The second-order valence-electron chi connectivity index (χ2n) is 8.70. The summed E-state index contributed by atoms with van der Waals surface area (Å²) >= 11 is 0. The molecule has 30 heavy (non-hydrogen) atoms. The number of carbonyl (C=O) groups excluding carboxylic acids is 1. The van der Waals surface area contributed by atoms with Crippen molar-refractivity contribution in [3.8, 4) is 5.69 Å². The van der Waals surface area contributed by atoms with E-state index in [9.17, 15) is 9.59 Å². The maximum absolute atomic E-state index is 13.3. The van der Waals surface area contributed by atoms with E-state index in [1.54, 1.807) is 17.0 Å². The van der Waals surface area contributed by atoms with Crippen molar-refractivity contribution in [2.45, 2.75) is 45.6 Å². The van der Waals surface area contributed by atoms with Gasteiger partial charge in [0.05, 0.1) is 5.69 Å². The molecule has 5 rings (SSSR count). The van der Waals surface area contributed by atoms with Crippen LogP contribution in [0.15, 0.2) is 53.7 Å². The number of fused-ring (bicyclic) bond motifs is 1. The standard InChI is InChI=1S/C24H26N4O2/c1-17-9-14-28(20-8-3-6-18-5-2-7-19(18)20)23(30)21(17)22(29)25-15-24(10-11-24)16-27-13-4-12-26-27/h3-4,6,8-9,12-14H,2,5,7,10-11,15-16H2,1H3,(H,25,29). The van der Waals surface area contributed by atoms with Crippen LogP contribution in [0.3, 0.4) is 0 Å². The fourth-order valence-corrected chi connectivity index (χ4v) is 4.58. The molecule has 2 aliphatic rings. The first-order valence-electron chi connectivity index (χ1n) is 10.7. The van der Waals surface area contributed by atoms with Gasteiger partial charge in [-0.2, -0.15) is 5.10 Å². The van der Waals surface area contributed by atoms with Gasteiger partial charge in [-0.15, -0.1) is 0 Å². The molecule has 0 saturated heterocycles. The van der Waals surface area contributed by atoms with E-state index in [0.29, 0.717) is 12.1 Å².